The van der Waals surface area contributed by atoms with Crippen molar-refractivity contribution in [3.8, 4) is 17.0 Å². The van der Waals surface area contributed by atoms with Crippen LogP contribution in [0.15, 0.2) is 48.8 Å². The first-order valence-corrected chi connectivity index (χ1v) is 10.0. The van der Waals surface area contributed by atoms with Crippen LogP contribution < -0.4 is 15.8 Å². The number of methoxy groups -OCH3 is 1. The molecule has 4 rings (SSSR count). The van der Waals surface area contributed by atoms with Crippen molar-refractivity contribution >= 4 is 34.5 Å². The summed E-state index contributed by atoms with van der Waals surface area (Å²) in [5, 5.41) is 31.0. The van der Waals surface area contributed by atoms with Gasteiger partial charge < -0.3 is 26.0 Å². The van der Waals surface area contributed by atoms with Crippen LogP contribution in [0.3, 0.4) is 0 Å². The fourth-order valence-corrected chi connectivity index (χ4v) is 3.55. The normalized spacial score (nSPS) is 12.1. The number of carbonyl (C=O) groups excluding carboxylic acids is 1. The number of hydrogen-bond acceptors (Lipinski definition) is 7. The molecule has 166 valence electrons. The number of amides is 1. The number of aliphatic hydroxyl groups is 2. The Morgan fingerprint density at radius 1 is 1.31 bits per heavy atom. The SMILES string of the molecule is COc1ccc(Cl)cc1-c1nn(CC(O)CO)cc1NC(=O)c1c(N)nn2ccccc12. The van der Waals surface area contributed by atoms with E-state index in [2.05, 4.69) is 15.5 Å². The summed E-state index contributed by atoms with van der Waals surface area (Å²) in [4.78, 5) is 13.2. The zero-order chi connectivity index (χ0) is 22.8. The van der Waals surface area contributed by atoms with Crippen LogP contribution in [-0.4, -0.2) is 55.3 Å². The molecular formula is C21H21ClN6O4. The van der Waals surface area contributed by atoms with Crippen molar-refractivity contribution in [3.63, 3.8) is 0 Å². The maximum atomic E-state index is 13.2. The van der Waals surface area contributed by atoms with Crippen molar-refractivity contribution in [2.45, 2.75) is 12.6 Å². The monoisotopic (exact) mass is 456 g/mol. The molecular weight excluding hydrogens is 436 g/mol. The van der Waals surface area contributed by atoms with Gasteiger partial charge in [-0.1, -0.05) is 17.7 Å². The smallest absolute Gasteiger partial charge is 0.261 e. The molecule has 0 spiro atoms. The Bertz CT molecular complexity index is 1280. The standard InChI is InChI=1S/C21H21ClN6O4/c1-32-17-6-5-12(22)8-14(17)19-15(10-27(25-19)9-13(30)11-29)24-21(31)18-16-4-2-3-7-28(16)26-20(18)23/h2-8,10,13,29-30H,9,11H2,1H3,(H2,23,26)(H,24,31). The maximum absolute atomic E-state index is 13.2. The van der Waals surface area contributed by atoms with Crippen molar-refractivity contribution in [1.82, 2.24) is 19.4 Å². The second kappa shape index (κ2) is 8.87. The van der Waals surface area contributed by atoms with E-state index in [9.17, 15) is 15.0 Å². The van der Waals surface area contributed by atoms with Crippen molar-refractivity contribution in [2.24, 2.45) is 0 Å². The first-order valence-electron chi connectivity index (χ1n) is 9.65. The molecule has 4 aromatic rings. The molecule has 0 saturated carbocycles. The number of halogens is 1. The molecule has 32 heavy (non-hydrogen) atoms. The average molecular weight is 457 g/mol. The number of nitrogen functional groups attached to an aromatic ring is 1. The third kappa shape index (κ3) is 4.11. The Balaban J connectivity index is 1.78. The molecule has 0 radical (unpaired) electrons. The van der Waals surface area contributed by atoms with Crippen molar-refractivity contribution < 1.29 is 19.7 Å². The molecule has 1 unspecified atom stereocenters. The van der Waals surface area contributed by atoms with Crippen molar-refractivity contribution in [1.29, 1.82) is 0 Å². The molecule has 11 heteroatoms. The zero-order valence-electron chi connectivity index (χ0n) is 17.1. The lowest BCUT2D eigenvalue weighted by Crippen LogP contribution is -2.20. The highest BCUT2D eigenvalue weighted by Crippen LogP contribution is 2.36. The summed E-state index contributed by atoms with van der Waals surface area (Å²) >= 11 is 6.18. The third-order valence-corrected chi connectivity index (χ3v) is 5.06. The highest BCUT2D eigenvalue weighted by molar-refractivity contribution is 6.31. The van der Waals surface area contributed by atoms with Gasteiger partial charge in [0.25, 0.3) is 5.91 Å². The number of nitrogens with zero attached hydrogens (tertiary/aromatic N) is 4. The highest BCUT2D eigenvalue weighted by atomic mass is 35.5. The van der Waals surface area contributed by atoms with Gasteiger partial charge in [0.05, 0.1) is 37.6 Å². The van der Waals surface area contributed by atoms with E-state index in [1.54, 1.807) is 48.8 Å². The van der Waals surface area contributed by atoms with Crippen LogP contribution in [0.4, 0.5) is 11.5 Å². The minimum atomic E-state index is -1.03. The van der Waals surface area contributed by atoms with Crippen LogP contribution in [0.1, 0.15) is 10.4 Å². The number of benzene rings is 1. The first-order chi connectivity index (χ1) is 15.4. The lowest BCUT2D eigenvalue weighted by atomic mass is 10.1. The topological polar surface area (TPSA) is 140 Å². The molecule has 1 atom stereocenters. The first kappa shape index (κ1) is 21.6. The van der Waals surface area contributed by atoms with E-state index >= 15 is 0 Å². The molecule has 0 aliphatic carbocycles. The number of ether oxygens (including phenoxy) is 1. The van der Waals surface area contributed by atoms with Gasteiger partial charge in [-0.2, -0.15) is 5.10 Å². The number of aromatic nitrogens is 4. The summed E-state index contributed by atoms with van der Waals surface area (Å²) in [5.74, 6) is 0.0974. The number of aliphatic hydroxyl groups excluding tert-OH is 2. The van der Waals surface area contributed by atoms with Crippen LogP contribution in [-0.2, 0) is 6.54 Å². The fraction of sp³-hybridized carbons (Fsp3) is 0.190. The number of pyridine rings is 1. The van der Waals surface area contributed by atoms with E-state index in [0.717, 1.165) is 0 Å². The number of nitrogens with one attached hydrogen (secondary N) is 1. The van der Waals surface area contributed by atoms with Crippen molar-refractivity contribution in [2.75, 3.05) is 24.8 Å². The quantitative estimate of drug-likeness (QED) is 0.333. The molecule has 0 aliphatic rings. The number of fused-ring (bicyclic) bond motifs is 1. The summed E-state index contributed by atoms with van der Waals surface area (Å²) in [6.45, 7) is -0.419. The van der Waals surface area contributed by atoms with E-state index in [0.29, 0.717) is 33.2 Å². The van der Waals surface area contributed by atoms with Gasteiger partial charge in [0, 0.05) is 23.0 Å². The number of nitrogens with two attached hydrogens (primary N) is 1. The lowest BCUT2D eigenvalue weighted by Gasteiger charge is -2.10. The second-order valence-electron chi connectivity index (χ2n) is 7.04. The molecule has 10 nitrogen and oxygen atoms in total. The van der Waals surface area contributed by atoms with E-state index < -0.39 is 18.6 Å². The fourth-order valence-electron chi connectivity index (χ4n) is 3.38. The van der Waals surface area contributed by atoms with Gasteiger partial charge in [0.2, 0.25) is 0 Å². The molecule has 1 aromatic carbocycles. The Labute approximate surface area is 187 Å². The Kier molecular flexibility index (Phi) is 5.99. The van der Waals surface area contributed by atoms with Crippen molar-refractivity contribution in [3.05, 3.63) is 59.4 Å². The van der Waals surface area contributed by atoms with Gasteiger partial charge in [0.15, 0.2) is 5.82 Å². The molecule has 3 heterocycles. The maximum Gasteiger partial charge on any atom is 0.261 e. The number of anilines is 2. The van der Waals surface area contributed by atoms with Crippen LogP contribution >= 0.6 is 11.6 Å². The third-order valence-electron chi connectivity index (χ3n) is 4.83. The number of carbonyl (C=O) groups is 1. The molecule has 0 bridgehead atoms. The molecule has 0 fully saturated rings. The minimum Gasteiger partial charge on any atom is -0.496 e. The van der Waals surface area contributed by atoms with Gasteiger partial charge >= 0.3 is 0 Å². The minimum absolute atomic E-state index is 0.0150. The molecule has 3 aromatic heterocycles. The summed E-state index contributed by atoms with van der Waals surface area (Å²) in [7, 11) is 1.51. The van der Waals surface area contributed by atoms with Gasteiger partial charge in [-0.05, 0) is 30.3 Å². The average Bonchev–Trinajstić information content (AvgIpc) is 3.32. The van der Waals surface area contributed by atoms with E-state index in [4.69, 9.17) is 22.1 Å². The van der Waals surface area contributed by atoms with Crippen LogP contribution in [0, 0.1) is 0 Å². The van der Waals surface area contributed by atoms with Gasteiger partial charge in [-0.15, -0.1) is 5.10 Å². The van der Waals surface area contributed by atoms with Gasteiger partial charge in [-0.25, -0.2) is 4.52 Å². The number of rotatable bonds is 7. The summed E-state index contributed by atoms with van der Waals surface area (Å²) in [5.41, 5.74) is 8.03. The summed E-state index contributed by atoms with van der Waals surface area (Å²) < 4.78 is 8.37. The predicted molar refractivity (Wildman–Crippen MR) is 120 cm³/mol. The van der Waals surface area contributed by atoms with Crippen LogP contribution in [0.25, 0.3) is 16.8 Å². The molecule has 0 aliphatic heterocycles. The zero-order valence-corrected chi connectivity index (χ0v) is 17.8. The molecule has 0 saturated heterocycles. The van der Waals surface area contributed by atoms with Crippen LogP contribution in [0.2, 0.25) is 5.02 Å². The Hall–Kier alpha value is -3.60. The predicted octanol–water partition coefficient (Wildman–Crippen LogP) is 2.05. The summed E-state index contributed by atoms with van der Waals surface area (Å²) in [6.07, 6.45) is 2.22. The highest BCUT2D eigenvalue weighted by Gasteiger charge is 2.23. The van der Waals surface area contributed by atoms with E-state index in [1.807, 2.05) is 0 Å². The van der Waals surface area contributed by atoms with E-state index in [1.165, 1.54) is 16.3 Å². The Morgan fingerprint density at radius 3 is 2.88 bits per heavy atom. The second-order valence-corrected chi connectivity index (χ2v) is 7.48. The Morgan fingerprint density at radius 2 is 2.12 bits per heavy atom. The van der Waals surface area contributed by atoms with E-state index in [-0.39, 0.29) is 17.9 Å². The lowest BCUT2D eigenvalue weighted by molar-refractivity contribution is 0.0783. The number of hydrogen-bond donors (Lipinski definition) is 4. The van der Waals surface area contributed by atoms with Gasteiger partial charge in [0.1, 0.15) is 17.0 Å². The van der Waals surface area contributed by atoms with Gasteiger partial charge in [-0.3, -0.25) is 9.48 Å². The van der Waals surface area contributed by atoms with Crippen LogP contribution in [0.5, 0.6) is 5.75 Å². The molecule has 5 N–H and O–H groups in total. The largest absolute Gasteiger partial charge is 0.496 e. The summed E-state index contributed by atoms with van der Waals surface area (Å²) in [6, 6.07) is 10.3. The molecule has 1 amide bonds.